The van der Waals surface area contributed by atoms with Crippen LogP contribution >= 0.6 is 23.2 Å². The van der Waals surface area contributed by atoms with Crippen molar-refractivity contribution in [2.24, 2.45) is 0 Å². The number of carbonyl (C=O) groups excluding carboxylic acids is 1. The molecule has 104 valence electrons. The maximum Gasteiger partial charge on any atom is 0.255 e. The summed E-state index contributed by atoms with van der Waals surface area (Å²) >= 11 is 12.1. The summed E-state index contributed by atoms with van der Waals surface area (Å²) in [5.41, 5.74) is 6.55. The Bertz CT molecular complexity index is 507. The van der Waals surface area contributed by atoms with Gasteiger partial charge in [0.05, 0.1) is 15.6 Å². The van der Waals surface area contributed by atoms with Crippen LogP contribution in [0.1, 0.15) is 17.3 Å². The lowest BCUT2D eigenvalue weighted by molar-refractivity contribution is 0.0572. The van der Waals surface area contributed by atoms with Gasteiger partial charge in [-0.1, -0.05) is 23.2 Å². The number of hydrogen-bond donors (Lipinski definition) is 1. The number of carbonyl (C=O) groups is 1. The third-order valence-corrected chi connectivity index (χ3v) is 4.33. The highest BCUT2D eigenvalue weighted by atomic mass is 35.5. The number of likely N-dealkylation sites (N-methyl/N-ethyl adjacent to an activating group) is 1. The van der Waals surface area contributed by atoms with E-state index in [1.807, 2.05) is 0 Å². The summed E-state index contributed by atoms with van der Waals surface area (Å²) in [6, 6.07) is 3.46. The number of amides is 1. The highest BCUT2D eigenvalue weighted by Crippen LogP contribution is 2.30. The van der Waals surface area contributed by atoms with Crippen molar-refractivity contribution >= 4 is 34.8 Å². The molecule has 1 saturated heterocycles. The fourth-order valence-electron chi connectivity index (χ4n) is 2.17. The molecule has 1 aliphatic rings. The predicted molar refractivity (Wildman–Crippen MR) is 78.9 cm³/mol. The van der Waals surface area contributed by atoms with Crippen molar-refractivity contribution in [2.45, 2.75) is 13.0 Å². The van der Waals surface area contributed by atoms with Crippen molar-refractivity contribution < 1.29 is 4.79 Å². The highest BCUT2D eigenvalue weighted by molar-refractivity contribution is 6.44. The van der Waals surface area contributed by atoms with Crippen molar-refractivity contribution in [1.29, 1.82) is 0 Å². The van der Waals surface area contributed by atoms with Crippen LogP contribution in [-0.4, -0.2) is 48.4 Å². The molecule has 1 heterocycles. The van der Waals surface area contributed by atoms with Gasteiger partial charge in [0.25, 0.3) is 5.91 Å². The standard InChI is InChI=1S/C13H17Cl2N3O/c1-8-7-18(4-3-17(8)2)13(19)10-5-9(16)6-11(14)12(10)15/h5-6,8H,3-4,7,16H2,1-2H3. The third kappa shape index (κ3) is 2.96. The number of nitrogens with two attached hydrogens (primary N) is 1. The van der Waals surface area contributed by atoms with E-state index < -0.39 is 0 Å². The van der Waals surface area contributed by atoms with Crippen molar-refractivity contribution in [3.05, 3.63) is 27.7 Å². The fraction of sp³-hybridized carbons (Fsp3) is 0.462. The van der Waals surface area contributed by atoms with Crippen LogP contribution in [0, 0.1) is 0 Å². The first-order valence-electron chi connectivity index (χ1n) is 6.14. The second kappa shape index (κ2) is 5.57. The van der Waals surface area contributed by atoms with Crippen LogP contribution in [0.4, 0.5) is 5.69 Å². The molecule has 1 fully saturated rings. The first-order chi connectivity index (χ1) is 8.90. The van der Waals surface area contributed by atoms with Gasteiger partial charge in [-0.25, -0.2) is 0 Å². The summed E-state index contributed by atoms with van der Waals surface area (Å²) in [5, 5.41) is 0.583. The zero-order chi connectivity index (χ0) is 14.2. The SMILES string of the molecule is CC1CN(C(=O)c2cc(N)cc(Cl)c2Cl)CCN1C. The molecule has 6 heteroatoms. The summed E-state index contributed by atoms with van der Waals surface area (Å²) in [5.74, 6) is -0.112. The molecule has 2 N–H and O–H groups in total. The van der Waals surface area contributed by atoms with Gasteiger partial charge in [-0.3, -0.25) is 4.79 Å². The second-order valence-corrected chi connectivity index (χ2v) is 5.73. The summed E-state index contributed by atoms with van der Waals surface area (Å²) in [6.45, 7) is 4.30. The normalized spacial score (nSPS) is 20.6. The summed E-state index contributed by atoms with van der Waals surface area (Å²) in [4.78, 5) is 16.5. The minimum atomic E-state index is -0.112. The van der Waals surface area contributed by atoms with E-state index in [-0.39, 0.29) is 10.9 Å². The van der Waals surface area contributed by atoms with Gasteiger partial charge in [0, 0.05) is 31.4 Å². The predicted octanol–water partition coefficient (Wildman–Crippen LogP) is 2.35. The maximum atomic E-state index is 12.5. The van der Waals surface area contributed by atoms with Gasteiger partial charge in [-0.15, -0.1) is 0 Å². The van der Waals surface area contributed by atoms with Crippen LogP contribution in [0.3, 0.4) is 0 Å². The van der Waals surface area contributed by atoms with E-state index in [4.69, 9.17) is 28.9 Å². The molecule has 1 amide bonds. The highest BCUT2D eigenvalue weighted by Gasteiger charge is 2.26. The summed E-state index contributed by atoms with van der Waals surface area (Å²) < 4.78 is 0. The molecule has 0 aromatic heterocycles. The molecule has 0 bridgehead atoms. The van der Waals surface area contributed by atoms with Crippen LogP contribution in [0.25, 0.3) is 0 Å². The van der Waals surface area contributed by atoms with Gasteiger partial charge in [0.1, 0.15) is 0 Å². The Morgan fingerprint density at radius 2 is 2.05 bits per heavy atom. The molecular formula is C13H17Cl2N3O. The quantitative estimate of drug-likeness (QED) is 0.810. The van der Waals surface area contributed by atoms with E-state index in [1.54, 1.807) is 17.0 Å². The Balaban J connectivity index is 2.25. The number of anilines is 1. The number of rotatable bonds is 1. The van der Waals surface area contributed by atoms with Gasteiger partial charge >= 0.3 is 0 Å². The molecule has 2 rings (SSSR count). The lowest BCUT2D eigenvalue weighted by atomic mass is 10.1. The number of piperazine rings is 1. The van der Waals surface area contributed by atoms with E-state index in [1.165, 1.54) is 0 Å². The van der Waals surface area contributed by atoms with Gasteiger partial charge in [-0.05, 0) is 26.1 Å². The number of halogens is 2. The van der Waals surface area contributed by atoms with Crippen LogP contribution < -0.4 is 5.73 Å². The summed E-state index contributed by atoms with van der Waals surface area (Å²) in [6.07, 6.45) is 0. The first-order valence-corrected chi connectivity index (χ1v) is 6.89. The number of benzene rings is 1. The Morgan fingerprint density at radius 3 is 2.68 bits per heavy atom. The van der Waals surface area contributed by atoms with Gasteiger partial charge in [-0.2, -0.15) is 0 Å². The van der Waals surface area contributed by atoms with Gasteiger partial charge in [0.2, 0.25) is 0 Å². The molecule has 0 aliphatic carbocycles. The molecule has 0 saturated carbocycles. The molecular weight excluding hydrogens is 285 g/mol. The molecule has 0 spiro atoms. The number of nitrogens with zero attached hydrogens (tertiary/aromatic N) is 2. The van der Waals surface area contributed by atoms with E-state index in [9.17, 15) is 4.79 Å². The molecule has 1 aromatic rings. The van der Waals surface area contributed by atoms with Crippen molar-refractivity contribution in [1.82, 2.24) is 9.80 Å². The second-order valence-electron chi connectivity index (χ2n) is 4.95. The minimum absolute atomic E-state index is 0.112. The van der Waals surface area contributed by atoms with Crippen LogP contribution in [0.15, 0.2) is 12.1 Å². The van der Waals surface area contributed by atoms with Crippen LogP contribution in [0.5, 0.6) is 0 Å². The minimum Gasteiger partial charge on any atom is -0.399 e. The van der Waals surface area contributed by atoms with Crippen molar-refractivity contribution in [3.63, 3.8) is 0 Å². The van der Waals surface area contributed by atoms with E-state index in [0.717, 1.165) is 6.54 Å². The van der Waals surface area contributed by atoms with E-state index in [2.05, 4.69) is 18.9 Å². The average Bonchev–Trinajstić information content (AvgIpc) is 2.36. The monoisotopic (exact) mass is 301 g/mol. The van der Waals surface area contributed by atoms with Crippen LogP contribution in [-0.2, 0) is 0 Å². The molecule has 1 atom stereocenters. The molecule has 19 heavy (non-hydrogen) atoms. The van der Waals surface area contributed by atoms with E-state index >= 15 is 0 Å². The van der Waals surface area contributed by atoms with Crippen molar-refractivity contribution in [3.8, 4) is 0 Å². The van der Waals surface area contributed by atoms with Gasteiger partial charge in [0.15, 0.2) is 0 Å². The topological polar surface area (TPSA) is 49.6 Å². The van der Waals surface area contributed by atoms with Gasteiger partial charge < -0.3 is 15.5 Å². The zero-order valence-corrected chi connectivity index (χ0v) is 12.5. The Morgan fingerprint density at radius 1 is 1.37 bits per heavy atom. The molecule has 0 radical (unpaired) electrons. The Hall–Kier alpha value is -0.970. The van der Waals surface area contributed by atoms with Crippen molar-refractivity contribution in [2.75, 3.05) is 32.4 Å². The summed E-state index contributed by atoms with van der Waals surface area (Å²) in [7, 11) is 2.05. The first kappa shape index (κ1) is 14.4. The largest absolute Gasteiger partial charge is 0.399 e. The molecule has 1 aliphatic heterocycles. The smallest absolute Gasteiger partial charge is 0.255 e. The lowest BCUT2D eigenvalue weighted by Crippen LogP contribution is -2.52. The fourth-order valence-corrected chi connectivity index (χ4v) is 2.59. The van der Waals surface area contributed by atoms with E-state index in [0.29, 0.717) is 35.4 Å². The zero-order valence-electron chi connectivity index (χ0n) is 11.0. The number of nitrogen functional groups attached to an aromatic ring is 1. The third-order valence-electron chi connectivity index (χ3n) is 3.53. The van der Waals surface area contributed by atoms with Crippen LogP contribution in [0.2, 0.25) is 10.0 Å². The molecule has 1 unspecified atom stereocenters. The maximum absolute atomic E-state index is 12.5. The molecule has 4 nitrogen and oxygen atoms in total. The Labute approximate surface area is 123 Å². The Kier molecular flexibility index (Phi) is 4.23. The number of hydrogen-bond acceptors (Lipinski definition) is 3. The average molecular weight is 302 g/mol. The lowest BCUT2D eigenvalue weighted by Gasteiger charge is -2.37. The molecule has 1 aromatic carbocycles.